The first-order chi connectivity index (χ1) is 15.6. The van der Waals surface area contributed by atoms with Gasteiger partial charge in [-0.1, -0.05) is 0 Å². The maximum atomic E-state index is 15.1. The van der Waals surface area contributed by atoms with Gasteiger partial charge in [0.15, 0.2) is 34.7 Å². The van der Waals surface area contributed by atoms with Crippen molar-refractivity contribution in [2.75, 3.05) is 11.5 Å². The minimum absolute atomic E-state index is 0.265. The molecular formula is C20H10F10N2O2. The van der Waals surface area contributed by atoms with Gasteiger partial charge >= 0.3 is 12.4 Å². The minimum Gasteiger partial charge on any atom is -0.450 e. The van der Waals surface area contributed by atoms with Crippen LogP contribution < -0.4 is 20.9 Å². The summed E-state index contributed by atoms with van der Waals surface area (Å²) in [5.74, 6) is -14.9. The van der Waals surface area contributed by atoms with E-state index in [9.17, 15) is 39.5 Å². The van der Waals surface area contributed by atoms with Crippen LogP contribution in [0, 0.1) is 23.3 Å². The summed E-state index contributed by atoms with van der Waals surface area (Å²) in [6.07, 6.45) is -12.1. The summed E-state index contributed by atoms with van der Waals surface area (Å²) >= 11 is 0. The van der Waals surface area contributed by atoms with Crippen LogP contribution >= 0.6 is 0 Å². The Balaban J connectivity index is 2.38. The molecule has 0 aromatic heterocycles. The molecule has 3 aromatic carbocycles. The predicted molar refractivity (Wildman–Crippen MR) is 98.1 cm³/mol. The summed E-state index contributed by atoms with van der Waals surface area (Å²) in [6, 6.07) is 4.23. The van der Waals surface area contributed by atoms with E-state index in [0.717, 1.165) is 12.1 Å². The van der Waals surface area contributed by atoms with Crippen molar-refractivity contribution < 1.29 is 53.4 Å². The number of hydrogen-bond donors (Lipinski definition) is 2. The number of ether oxygens (including phenoxy) is 2. The Morgan fingerprint density at radius 1 is 0.559 bits per heavy atom. The fraction of sp³-hybridized carbons (Fsp3) is 0.100. The van der Waals surface area contributed by atoms with Gasteiger partial charge in [0.1, 0.15) is 11.1 Å². The lowest BCUT2D eigenvalue weighted by atomic mass is 10.0. The topological polar surface area (TPSA) is 70.5 Å². The highest BCUT2D eigenvalue weighted by Crippen LogP contribution is 2.52. The molecule has 0 amide bonds. The highest BCUT2D eigenvalue weighted by molar-refractivity contribution is 5.56. The van der Waals surface area contributed by atoms with Crippen LogP contribution in [0.2, 0.25) is 0 Å². The van der Waals surface area contributed by atoms with Crippen LogP contribution in [-0.4, -0.2) is 0 Å². The number of benzene rings is 3. The van der Waals surface area contributed by atoms with Crippen molar-refractivity contribution in [2.24, 2.45) is 0 Å². The Morgan fingerprint density at radius 3 is 1.38 bits per heavy atom. The Morgan fingerprint density at radius 2 is 0.971 bits per heavy atom. The van der Waals surface area contributed by atoms with E-state index < -0.39 is 69.7 Å². The van der Waals surface area contributed by atoms with E-state index in [4.69, 9.17) is 11.5 Å². The van der Waals surface area contributed by atoms with Gasteiger partial charge in [-0.05, 0) is 24.3 Å². The van der Waals surface area contributed by atoms with Crippen LogP contribution in [-0.2, 0) is 12.4 Å². The molecule has 0 aliphatic rings. The van der Waals surface area contributed by atoms with Gasteiger partial charge in [0.25, 0.3) is 0 Å². The van der Waals surface area contributed by atoms with E-state index >= 15 is 4.39 Å². The summed E-state index contributed by atoms with van der Waals surface area (Å²) < 4.78 is 148. The number of halogens is 10. The van der Waals surface area contributed by atoms with Crippen LogP contribution in [0.25, 0.3) is 0 Å². The van der Waals surface area contributed by atoms with Crippen molar-refractivity contribution in [1.82, 2.24) is 0 Å². The van der Waals surface area contributed by atoms with Gasteiger partial charge in [0.05, 0.1) is 0 Å². The predicted octanol–water partition coefficient (Wildman–Crippen LogP) is 7.03. The minimum atomic E-state index is -6.08. The van der Waals surface area contributed by atoms with Gasteiger partial charge in [-0.15, -0.1) is 0 Å². The molecule has 3 aromatic rings. The van der Waals surface area contributed by atoms with E-state index in [2.05, 4.69) is 9.47 Å². The van der Waals surface area contributed by atoms with Gasteiger partial charge in [-0.2, -0.15) is 30.7 Å². The van der Waals surface area contributed by atoms with E-state index in [1.807, 2.05) is 0 Å². The fourth-order valence-corrected chi connectivity index (χ4v) is 2.78. The number of hydrogen-bond acceptors (Lipinski definition) is 4. The molecule has 0 unspecified atom stereocenters. The second kappa shape index (κ2) is 8.50. The molecule has 34 heavy (non-hydrogen) atoms. The van der Waals surface area contributed by atoms with Gasteiger partial charge in [-0.25, -0.2) is 13.2 Å². The van der Waals surface area contributed by atoms with Crippen molar-refractivity contribution in [1.29, 1.82) is 0 Å². The molecule has 14 heteroatoms. The molecule has 0 fully saturated rings. The molecule has 0 aliphatic carbocycles. The SMILES string of the molecule is Nc1ccc(F)c(Oc2c(F)c(Oc3cc(N)ccc3F)c(C(F)(F)F)c(C(F)(F)F)c2F)c1. The summed E-state index contributed by atoms with van der Waals surface area (Å²) in [7, 11) is 0. The molecule has 182 valence electrons. The number of nitrogens with two attached hydrogens (primary N) is 2. The van der Waals surface area contributed by atoms with Crippen LogP contribution in [0.1, 0.15) is 11.1 Å². The molecule has 4 N–H and O–H groups in total. The second-order valence-electron chi connectivity index (χ2n) is 6.62. The Hall–Kier alpha value is -3.84. The smallest absolute Gasteiger partial charge is 0.420 e. The zero-order valence-corrected chi connectivity index (χ0v) is 16.2. The normalized spacial score (nSPS) is 12.1. The molecule has 0 atom stereocenters. The first kappa shape index (κ1) is 24.8. The summed E-state index contributed by atoms with van der Waals surface area (Å²) in [5, 5.41) is 0. The Labute approximate surface area is 183 Å². The standard InChI is InChI=1S/C20H10F10N2O2/c21-9-3-1-7(31)5-11(9)33-17-14(20(28,29)30)13(19(25,26)27)15(23)18(16(17)24)34-12-6-8(32)2-4-10(12)22/h1-6H,31-32H2. The Bertz CT molecular complexity index is 1260. The quantitative estimate of drug-likeness (QED) is 0.298. The van der Waals surface area contributed by atoms with Crippen LogP contribution in [0.5, 0.6) is 23.0 Å². The number of nitrogen functional groups attached to an aromatic ring is 2. The first-order valence-corrected chi connectivity index (χ1v) is 8.76. The Kier molecular flexibility index (Phi) is 6.20. The van der Waals surface area contributed by atoms with Crippen molar-refractivity contribution >= 4 is 11.4 Å². The monoisotopic (exact) mass is 500 g/mol. The van der Waals surface area contributed by atoms with E-state index in [1.54, 1.807) is 0 Å². The molecule has 0 heterocycles. The third kappa shape index (κ3) is 4.75. The highest BCUT2D eigenvalue weighted by atomic mass is 19.4. The van der Waals surface area contributed by atoms with Crippen molar-refractivity contribution in [3.05, 3.63) is 70.8 Å². The molecule has 3 rings (SSSR count). The average molecular weight is 500 g/mol. The molecule has 0 spiro atoms. The van der Waals surface area contributed by atoms with Gasteiger partial charge in [0.2, 0.25) is 11.6 Å². The van der Waals surface area contributed by atoms with Crippen molar-refractivity contribution in [3.63, 3.8) is 0 Å². The summed E-state index contributed by atoms with van der Waals surface area (Å²) in [6.45, 7) is 0. The zero-order chi connectivity index (χ0) is 25.6. The third-order valence-corrected chi connectivity index (χ3v) is 4.20. The van der Waals surface area contributed by atoms with Crippen LogP contribution in [0.3, 0.4) is 0 Å². The molecule has 0 bridgehead atoms. The molecule has 0 saturated heterocycles. The lowest BCUT2D eigenvalue weighted by Gasteiger charge is -2.23. The largest absolute Gasteiger partial charge is 0.450 e. The van der Waals surface area contributed by atoms with Crippen molar-refractivity contribution in [2.45, 2.75) is 12.4 Å². The van der Waals surface area contributed by atoms with E-state index in [0.29, 0.717) is 24.3 Å². The number of rotatable bonds is 4. The third-order valence-electron chi connectivity index (χ3n) is 4.20. The maximum Gasteiger partial charge on any atom is 0.420 e. The molecular weight excluding hydrogens is 490 g/mol. The second-order valence-corrected chi connectivity index (χ2v) is 6.62. The van der Waals surface area contributed by atoms with E-state index in [1.165, 1.54) is 0 Å². The van der Waals surface area contributed by atoms with E-state index in [-0.39, 0.29) is 11.4 Å². The summed E-state index contributed by atoms with van der Waals surface area (Å²) in [4.78, 5) is 0. The van der Waals surface area contributed by atoms with Crippen LogP contribution in [0.15, 0.2) is 36.4 Å². The number of alkyl halides is 6. The highest BCUT2D eigenvalue weighted by Gasteiger charge is 2.51. The fourth-order valence-electron chi connectivity index (χ4n) is 2.78. The molecule has 0 radical (unpaired) electrons. The summed E-state index contributed by atoms with van der Waals surface area (Å²) in [5.41, 5.74) is 4.14. The van der Waals surface area contributed by atoms with Gasteiger partial charge in [0, 0.05) is 23.5 Å². The van der Waals surface area contributed by atoms with Crippen LogP contribution in [0.4, 0.5) is 55.3 Å². The lowest BCUT2D eigenvalue weighted by Crippen LogP contribution is -2.21. The lowest BCUT2D eigenvalue weighted by molar-refractivity contribution is -0.165. The molecule has 0 aliphatic heterocycles. The molecule has 0 saturated carbocycles. The first-order valence-electron chi connectivity index (χ1n) is 8.76. The number of anilines is 2. The van der Waals surface area contributed by atoms with Gasteiger partial charge in [-0.3, -0.25) is 0 Å². The van der Waals surface area contributed by atoms with Gasteiger partial charge < -0.3 is 20.9 Å². The maximum absolute atomic E-state index is 15.1. The molecule has 4 nitrogen and oxygen atoms in total. The average Bonchev–Trinajstić information content (AvgIpc) is 2.70. The van der Waals surface area contributed by atoms with Crippen molar-refractivity contribution in [3.8, 4) is 23.0 Å². The zero-order valence-electron chi connectivity index (χ0n) is 16.2.